The average molecular weight is 401 g/mol. The molecule has 7 heteroatoms. The van der Waals surface area contributed by atoms with Gasteiger partial charge in [-0.25, -0.2) is 19.5 Å². The summed E-state index contributed by atoms with van der Waals surface area (Å²) in [5.74, 6) is 1.61. The van der Waals surface area contributed by atoms with E-state index in [1.165, 1.54) is 17.2 Å². The highest BCUT2D eigenvalue weighted by atomic mass is 35.5. The summed E-state index contributed by atoms with van der Waals surface area (Å²) in [5.41, 5.74) is 2.08. The Labute approximate surface area is 170 Å². The molecule has 5 rings (SSSR count). The SMILES string of the molecule is O=c1c2ccccc2nc(-c2ccc(-c3cnco3)cc2)n1-c1ccc(Cl)cn1. The largest absolute Gasteiger partial charge is 0.444 e. The van der Waals surface area contributed by atoms with Crippen LogP contribution in [0.1, 0.15) is 0 Å². The van der Waals surface area contributed by atoms with Gasteiger partial charge in [-0.3, -0.25) is 4.79 Å². The zero-order valence-corrected chi connectivity index (χ0v) is 15.7. The molecule has 0 saturated heterocycles. The van der Waals surface area contributed by atoms with Gasteiger partial charge in [0.1, 0.15) is 11.6 Å². The van der Waals surface area contributed by atoms with Crippen LogP contribution in [0.15, 0.2) is 88.7 Å². The van der Waals surface area contributed by atoms with E-state index < -0.39 is 0 Å². The summed E-state index contributed by atoms with van der Waals surface area (Å²) >= 11 is 5.98. The fourth-order valence-corrected chi connectivity index (χ4v) is 3.29. The first kappa shape index (κ1) is 17.3. The highest BCUT2D eigenvalue weighted by Gasteiger charge is 2.15. The predicted octanol–water partition coefficient (Wildman–Crippen LogP) is 4.76. The molecule has 0 radical (unpaired) electrons. The first-order valence-corrected chi connectivity index (χ1v) is 9.21. The number of fused-ring (bicyclic) bond motifs is 1. The number of hydrogen-bond donors (Lipinski definition) is 0. The van der Waals surface area contributed by atoms with Crippen molar-refractivity contribution in [1.82, 2.24) is 19.5 Å². The first-order valence-electron chi connectivity index (χ1n) is 8.84. The minimum atomic E-state index is -0.195. The lowest BCUT2D eigenvalue weighted by molar-refractivity contribution is 0.572. The molecule has 0 aliphatic rings. The number of oxazole rings is 1. The summed E-state index contributed by atoms with van der Waals surface area (Å²) in [4.78, 5) is 26.3. The number of para-hydroxylation sites is 1. The summed E-state index contributed by atoms with van der Waals surface area (Å²) in [6, 6.07) is 18.2. The van der Waals surface area contributed by atoms with Crippen molar-refractivity contribution in [2.45, 2.75) is 0 Å². The van der Waals surface area contributed by atoms with Gasteiger partial charge in [0, 0.05) is 17.3 Å². The van der Waals surface area contributed by atoms with Crippen LogP contribution < -0.4 is 5.56 Å². The van der Waals surface area contributed by atoms with Gasteiger partial charge in [0.05, 0.1) is 22.1 Å². The average Bonchev–Trinajstić information content (AvgIpc) is 3.30. The number of benzene rings is 2. The van der Waals surface area contributed by atoms with Crippen molar-refractivity contribution in [1.29, 1.82) is 0 Å². The Balaban J connectivity index is 1.75. The van der Waals surface area contributed by atoms with Crippen LogP contribution in [0, 0.1) is 0 Å². The van der Waals surface area contributed by atoms with Crippen molar-refractivity contribution in [3.8, 4) is 28.5 Å². The van der Waals surface area contributed by atoms with E-state index in [2.05, 4.69) is 9.97 Å². The summed E-state index contributed by atoms with van der Waals surface area (Å²) < 4.78 is 6.84. The summed E-state index contributed by atoms with van der Waals surface area (Å²) in [5, 5.41) is 1.01. The topological polar surface area (TPSA) is 73.8 Å². The van der Waals surface area contributed by atoms with E-state index in [0.29, 0.717) is 33.3 Å². The van der Waals surface area contributed by atoms with Gasteiger partial charge in [0.15, 0.2) is 12.2 Å². The van der Waals surface area contributed by atoms with Crippen LogP contribution >= 0.6 is 11.6 Å². The highest BCUT2D eigenvalue weighted by Crippen LogP contribution is 2.25. The van der Waals surface area contributed by atoms with Crippen LogP contribution in [-0.2, 0) is 0 Å². The summed E-state index contributed by atoms with van der Waals surface area (Å²) in [6.45, 7) is 0. The Morgan fingerprint density at radius 1 is 0.897 bits per heavy atom. The normalized spacial score (nSPS) is 11.1. The Morgan fingerprint density at radius 2 is 1.69 bits per heavy atom. The molecule has 0 fully saturated rings. The van der Waals surface area contributed by atoms with Gasteiger partial charge in [-0.15, -0.1) is 0 Å². The van der Waals surface area contributed by atoms with Crippen LogP contribution in [-0.4, -0.2) is 19.5 Å². The van der Waals surface area contributed by atoms with Gasteiger partial charge in [-0.2, -0.15) is 0 Å². The van der Waals surface area contributed by atoms with Crippen molar-refractivity contribution in [2.24, 2.45) is 0 Å². The third-order valence-corrected chi connectivity index (χ3v) is 4.80. The smallest absolute Gasteiger partial charge is 0.267 e. The molecule has 0 atom stereocenters. The van der Waals surface area contributed by atoms with Gasteiger partial charge in [-0.05, 0) is 24.3 Å². The molecule has 140 valence electrons. The fraction of sp³-hybridized carbons (Fsp3) is 0. The van der Waals surface area contributed by atoms with E-state index in [9.17, 15) is 4.79 Å². The van der Waals surface area contributed by atoms with Crippen LogP contribution in [0.25, 0.3) is 39.4 Å². The van der Waals surface area contributed by atoms with Crippen molar-refractivity contribution in [2.75, 3.05) is 0 Å². The highest BCUT2D eigenvalue weighted by molar-refractivity contribution is 6.30. The van der Waals surface area contributed by atoms with E-state index in [1.54, 1.807) is 24.4 Å². The molecule has 0 aliphatic heterocycles. The Kier molecular flexibility index (Phi) is 4.18. The van der Waals surface area contributed by atoms with Gasteiger partial charge in [0.2, 0.25) is 0 Å². The van der Waals surface area contributed by atoms with E-state index >= 15 is 0 Å². The molecule has 0 N–H and O–H groups in total. The lowest BCUT2D eigenvalue weighted by atomic mass is 10.1. The van der Waals surface area contributed by atoms with Gasteiger partial charge in [0.25, 0.3) is 5.56 Å². The molecule has 6 nitrogen and oxygen atoms in total. The zero-order valence-electron chi connectivity index (χ0n) is 15.0. The maximum Gasteiger partial charge on any atom is 0.267 e. The molecule has 3 heterocycles. The molecule has 0 amide bonds. The van der Waals surface area contributed by atoms with E-state index in [4.69, 9.17) is 21.0 Å². The maximum atomic E-state index is 13.3. The maximum absolute atomic E-state index is 13.3. The van der Waals surface area contributed by atoms with Crippen LogP contribution in [0.4, 0.5) is 0 Å². The molecule has 0 saturated carbocycles. The molecule has 29 heavy (non-hydrogen) atoms. The van der Waals surface area contributed by atoms with Gasteiger partial charge >= 0.3 is 0 Å². The summed E-state index contributed by atoms with van der Waals surface area (Å²) in [6.07, 6.45) is 4.55. The fourth-order valence-electron chi connectivity index (χ4n) is 3.18. The molecule has 0 aliphatic carbocycles. The van der Waals surface area contributed by atoms with Crippen molar-refractivity contribution in [3.05, 3.63) is 94.8 Å². The molecular formula is C22H13ClN4O2. The second kappa shape index (κ2) is 7.00. The molecule has 5 aromatic rings. The van der Waals surface area contributed by atoms with E-state index in [-0.39, 0.29) is 5.56 Å². The van der Waals surface area contributed by atoms with Crippen LogP contribution in [0.2, 0.25) is 5.02 Å². The molecule has 0 bridgehead atoms. The van der Waals surface area contributed by atoms with Gasteiger partial charge < -0.3 is 4.42 Å². The van der Waals surface area contributed by atoms with Crippen LogP contribution in [0.3, 0.4) is 0 Å². The molecule has 0 unspecified atom stereocenters. The lowest BCUT2D eigenvalue weighted by Crippen LogP contribution is -2.22. The molecular weight excluding hydrogens is 388 g/mol. The zero-order chi connectivity index (χ0) is 19.8. The van der Waals surface area contributed by atoms with Crippen molar-refractivity contribution < 1.29 is 4.42 Å². The minimum absolute atomic E-state index is 0.195. The first-order chi connectivity index (χ1) is 14.2. The molecule has 2 aromatic carbocycles. The quantitative estimate of drug-likeness (QED) is 0.436. The third-order valence-electron chi connectivity index (χ3n) is 4.58. The number of aromatic nitrogens is 4. The Hall–Kier alpha value is -3.77. The van der Waals surface area contributed by atoms with Crippen LogP contribution in [0.5, 0.6) is 0 Å². The Bertz CT molecular complexity index is 1360. The monoisotopic (exact) mass is 400 g/mol. The number of rotatable bonds is 3. The van der Waals surface area contributed by atoms with E-state index in [1.807, 2.05) is 42.5 Å². The minimum Gasteiger partial charge on any atom is -0.444 e. The predicted molar refractivity (Wildman–Crippen MR) is 111 cm³/mol. The van der Waals surface area contributed by atoms with Gasteiger partial charge in [-0.1, -0.05) is 48.0 Å². The number of pyridine rings is 1. The molecule has 3 aromatic heterocycles. The number of nitrogens with zero attached hydrogens (tertiary/aromatic N) is 4. The lowest BCUT2D eigenvalue weighted by Gasteiger charge is -2.13. The Morgan fingerprint density at radius 3 is 2.41 bits per heavy atom. The van der Waals surface area contributed by atoms with Crippen molar-refractivity contribution in [3.63, 3.8) is 0 Å². The second-order valence-corrected chi connectivity index (χ2v) is 6.81. The number of halogens is 1. The third kappa shape index (κ3) is 3.09. The molecule has 0 spiro atoms. The van der Waals surface area contributed by atoms with E-state index in [0.717, 1.165) is 11.1 Å². The second-order valence-electron chi connectivity index (χ2n) is 6.37. The number of hydrogen-bond acceptors (Lipinski definition) is 5. The standard InChI is InChI=1S/C22H13ClN4O2/c23-16-9-10-20(25-11-16)27-21(26-18-4-2-1-3-17(18)22(27)28)15-7-5-14(6-8-15)19-12-24-13-29-19/h1-13H. The summed E-state index contributed by atoms with van der Waals surface area (Å²) in [7, 11) is 0. The van der Waals surface area contributed by atoms with Crippen molar-refractivity contribution >= 4 is 22.5 Å².